The summed E-state index contributed by atoms with van der Waals surface area (Å²) in [6, 6.07) is 8.94. The first-order chi connectivity index (χ1) is 8.27. The SMILES string of the molecule is C#CCNCC(=O)N[C@@H](CO)c1ccccc1. The van der Waals surface area contributed by atoms with E-state index in [0.29, 0.717) is 6.54 Å². The minimum absolute atomic E-state index is 0.134. The maximum Gasteiger partial charge on any atom is 0.234 e. The number of carbonyl (C=O) groups excluding carboxylic acids is 1. The molecule has 3 N–H and O–H groups in total. The molecule has 4 nitrogen and oxygen atoms in total. The maximum absolute atomic E-state index is 11.5. The highest BCUT2D eigenvalue weighted by atomic mass is 16.3. The first-order valence-corrected chi connectivity index (χ1v) is 5.37. The molecule has 1 aromatic rings. The Hall–Kier alpha value is -1.83. The molecule has 0 aliphatic heterocycles. The molecule has 1 aromatic carbocycles. The second kappa shape index (κ2) is 7.44. The van der Waals surface area contributed by atoms with E-state index < -0.39 is 0 Å². The van der Waals surface area contributed by atoms with Crippen LogP contribution in [-0.2, 0) is 4.79 Å². The van der Waals surface area contributed by atoms with E-state index in [1.807, 2.05) is 30.3 Å². The van der Waals surface area contributed by atoms with Crippen molar-refractivity contribution in [2.24, 2.45) is 0 Å². The van der Waals surface area contributed by atoms with Crippen LogP contribution in [0.2, 0.25) is 0 Å². The van der Waals surface area contributed by atoms with E-state index in [0.717, 1.165) is 5.56 Å². The number of hydrogen-bond acceptors (Lipinski definition) is 3. The molecule has 1 atom stereocenters. The molecule has 0 aliphatic rings. The smallest absolute Gasteiger partial charge is 0.234 e. The number of aliphatic hydroxyl groups excluding tert-OH is 1. The fraction of sp³-hybridized carbons (Fsp3) is 0.308. The van der Waals surface area contributed by atoms with Crippen molar-refractivity contribution in [3.05, 3.63) is 35.9 Å². The Morgan fingerprint density at radius 3 is 2.71 bits per heavy atom. The number of carbonyl (C=O) groups is 1. The summed E-state index contributed by atoms with van der Waals surface area (Å²) in [6.45, 7) is 0.362. The van der Waals surface area contributed by atoms with Crippen LogP contribution in [0, 0.1) is 12.3 Å². The van der Waals surface area contributed by atoms with E-state index in [1.165, 1.54) is 0 Å². The van der Waals surface area contributed by atoms with Crippen molar-refractivity contribution in [3.8, 4) is 12.3 Å². The zero-order valence-electron chi connectivity index (χ0n) is 9.52. The van der Waals surface area contributed by atoms with Crippen LogP contribution in [0.1, 0.15) is 11.6 Å². The molecule has 1 rings (SSSR count). The molecule has 0 heterocycles. The molecule has 17 heavy (non-hydrogen) atoms. The van der Waals surface area contributed by atoms with Gasteiger partial charge in [-0.25, -0.2) is 0 Å². The van der Waals surface area contributed by atoms with Gasteiger partial charge in [0.2, 0.25) is 5.91 Å². The van der Waals surface area contributed by atoms with Gasteiger partial charge in [-0.15, -0.1) is 6.42 Å². The highest BCUT2D eigenvalue weighted by Gasteiger charge is 2.12. The fourth-order valence-electron chi connectivity index (χ4n) is 1.41. The summed E-state index contributed by atoms with van der Waals surface area (Å²) in [4.78, 5) is 11.5. The largest absolute Gasteiger partial charge is 0.394 e. The predicted octanol–water partition coefficient (Wildman–Crippen LogP) is 0.0590. The third-order valence-corrected chi connectivity index (χ3v) is 2.23. The normalized spacial score (nSPS) is 11.5. The van der Waals surface area contributed by atoms with Crippen LogP contribution >= 0.6 is 0 Å². The molecule has 0 spiro atoms. The van der Waals surface area contributed by atoms with E-state index in [1.54, 1.807) is 0 Å². The minimum atomic E-state index is -0.378. The summed E-state index contributed by atoms with van der Waals surface area (Å²) in [6.07, 6.45) is 5.05. The average Bonchev–Trinajstić information content (AvgIpc) is 2.37. The zero-order chi connectivity index (χ0) is 12.5. The second-order valence-corrected chi connectivity index (χ2v) is 3.52. The fourth-order valence-corrected chi connectivity index (χ4v) is 1.41. The number of nitrogens with one attached hydrogen (secondary N) is 2. The van der Waals surface area contributed by atoms with Crippen LogP contribution < -0.4 is 10.6 Å². The van der Waals surface area contributed by atoms with Crippen molar-refractivity contribution in [2.45, 2.75) is 6.04 Å². The summed E-state index contributed by atoms with van der Waals surface area (Å²) in [5.74, 6) is 2.19. The minimum Gasteiger partial charge on any atom is -0.394 e. The lowest BCUT2D eigenvalue weighted by Gasteiger charge is -2.16. The van der Waals surface area contributed by atoms with Crippen molar-refractivity contribution in [1.82, 2.24) is 10.6 Å². The van der Waals surface area contributed by atoms with Crippen LogP contribution in [-0.4, -0.2) is 30.7 Å². The lowest BCUT2D eigenvalue weighted by atomic mass is 10.1. The Bertz CT molecular complexity index is 384. The number of hydrogen-bond donors (Lipinski definition) is 3. The topological polar surface area (TPSA) is 61.4 Å². The summed E-state index contributed by atoms with van der Waals surface area (Å²) in [5.41, 5.74) is 0.875. The molecule has 0 bridgehead atoms. The van der Waals surface area contributed by atoms with Gasteiger partial charge in [-0.3, -0.25) is 10.1 Å². The molecular formula is C13H16N2O2. The van der Waals surface area contributed by atoms with E-state index in [9.17, 15) is 9.90 Å². The van der Waals surface area contributed by atoms with Gasteiger partial charge in [0.05, 0.1) is 25.7 Å². The molecule has 4 heteroatoms. The Labute approximate surface area is 101 Å². The van der Waals surface area contributed by atoms with Gasteiger partial charge < -0.3 is 10.4 Å². The lowest BCUT2D eigenvalue weighted by Crippen LogP contribution is -2.37. The third kappa shape index (κ3) is 4.68. The van der Waals surface area contributed by atoms with Crippen molar-refractivity contribution in [2.75, 3.05) is 19.7 Å². The Balaban J connectivity index is 2.48. The highest BCUT2D eigenvalue weighted by molar-refractivity contribution is 5.78. The second-order valence-electron chi connectivity index (χ2n) is 3.52. The first kappa shape index (κ1) is 13.2. The third-order valence-electron chi connectivity index (χ3n) is 2.23. The van der Waals surface area contributed by atoms with Crippen LogP contribution in [0.25, 0.3) is 0 Å². The molecule has 0 aliphatic carbocycles. The van der Waals surface area contributed by atoms with Gasteiger partial charge in [-0.1, -0.05) is 36.3 Å². The van der Waals surface area contributed by atoms with Gasteiger partial charge in [-0.2, -0.15) is 0 Å². The van der Waals surface area contributed by atoms with Gasteiger partial charge in [0.1, 0.15) is 0 Å². The zero-order valence-corrected chi connectivity index (χ0v) is 9.52. The Morgan fingerprint density at radius 1 is 1.41 bits per heavy atom. The molecule has 1 amide bonds. The van der Waals surface area contributed by atoms with Crippen LogP contribution in [0.15, 0.2) is 30.3 Å². The highest BCUT2D eigenvalue weighted by Crippen LogP contribution is 2.10. The summed E-state index contributed by atoms with van der Waals surface area (Å²) < 4.78 is 0. The van der Waals surface area contributed by atoms with Crippen molar-refractivity contribution in [3.63, 3.8) is 0 Å². The molecule has 0 fully saturated rings. The van der Waals surface area contributed by atoms with Crippen molar-refractivity contribution < 1.29 is 9.90 Å². The first-order valence-electron chi connectivity index (χ1n) is 5.37. The number of rotatable bonds is 6. The molecule has 0 radical (unpaired) electrons. The van der Waals surface area contributed by atoms with Crippen LogP contribution in [0.5, 0.6) is 0 Å². The predicted molar refractivity (Wildman–Crippen MR) is 66.1 cm³/mol. The van der Waals surface area contributed by atoms with E-state index in [4.69, 9.17) is 6.42 Å². The summed E-state index contributed by atoms with van der Waals surface area (Å²) in [7, 11) is 0. The van der Waals surface area contributed by atoms with Crippen molar-refractivity contribution >= 4 is 5.91 Å². The van der Waals surface area contributed by atoms with Gasteiger partial charge in [0, 0.05) is 0 Å². The number of terminal acetylenes is 1. The summed E-state index contributed by atoms with van der Waals surface area (Å²) >= 11 is 0. The molecule has 0 unspecified atom stereocenters. The molecule has 0 saturated carbocycles. The maximum atomic E-state index is 11.5. The van der Waals surface area contributed by atoms with E-state index in [2.05, 4.69) is 16.6 Å². The lowest BCUT2D eigenvalue weighted by molar-refractivity contribution is -0.121. The molecule has 90 valence electrons. The summed E-state index contributed by atoms with van der Waals surface area (Å²) in [5, 5.41) is 14.7. The standard InChI is InChI=1S/C13H16N2O2/c1-2-8-14-9-13(17)15-12(10-16)11-6-4-3-5-7-11/h1,3-7,12,14,16H,8-10H2,(H,15,17)/t12-/m0/s1. The number of benzene rings is 1. The molecule has 0 saturated heterocycles. The average molecular weight is 232 g/mol. The molecule has 0 aromatic heterocycles. The number of amides is 1. The van der Waals surface area contributed by atoms with E-state index >= 15 is 0 Å². The monoisotopic (exact) mass is 232 g/mol. The van der Waals surface area contributed by atoms with Gasteiger partial charge in [0.15, 0.2) is 0 Å². The van der Waals surface area contributed by atoms with Gasteiger partial charge in [-0.05, 0) is 5.56 Å². The quantitative estimate of drug-likeness (QED) is 0.480. The van der Waals surface area contributed by atoms with Crippen LogP contribution in [0.4, 0.5) is 0 Å². The Kier molecular flexibility index (Phi) is 5.80. The Morgan fingerprint density at radius 2 is 2.12 bits per heavy atom. The number of aliphatic hydroxyl groups is 1. The molecular weight excluding hydrogens is 216 g/mol. The van der Waals surface area contributed by atoms with Gasteiger partial charge in [0.25, 0.3) is 0 Å². The van der Waals surface area contributed by atoms with E-state index in [-0.39, 0.29) is 25.1 Å². The van der Waals surface area contributed by atoms with Crippen LogP contribution in [0.3, 0.4) is 0 Å². The van der Waals surface area contributed by atoms with Gasteiger partial charge >= 0.3 is 0 Å². The van der Waals surface area contributed by atoms with Crippen molar-refractivity contribution in [1.29, 1.82) is 0 Å².